The third-order valence-corrected chi connectivity index (χ3v) is 5.68. The van der Waals surface area contributed by atoms with E-state index >= 15 is 0 Å². The van der Waals surface area contributed by atoms with Crippen LogP contribution in [0.25, 0.3) is 0 Å². The molecule has 0 amide bonds. The van der Waals surface area contributed by atoms with E-state index in [2.05, 4.69) is 25.3 Å². The molecule has 0 saturated carbocycles. The fourth-order valence-electron chi connectivity index (χ4n) is 4.06. The predicted molar refractivity (Wildman–Crippen MR) is 118 cm³/mol. The molecule has 1 fully saturated rings. The first-order valence-corrected chi connectivity index (χ1v) is 10.5. The Morgan fingerprint density at radius 3 is 2.28 bits per heavy atom. The highest BCUT2D eigenvalue weighted by Gasteiger charge is 2.34. The van der Waals surface area contributed by atoms with E-state index < -0.39 is 11.0 Å². The Bertz CT molecular complexity index is 1090. The molecule has 1 saturated heterocycles. The van der Waals surface area contributed by atoms with Gasteiger partial charge in [0.15, 0.2) is 5.82 Å². The lowest BCUT2D eigenvalue weighted by molar-refractivity contribution is -0.384. The molecule has 32 heavy (non-hydrogen) atoms. The van der Waals surface area contributed by atoms with Crippen LogP contribution in [0.1, 0.15) is 38.2 Å². The second-order valence-electron chi connectivity index (χ2n) is 8.84. The van der Waals surface area contributed by atoms with E-state index in [1.54, 1.807) is 28.9 Å². The number of non-ortho nitro benzene ring substituents is 1. The van der Waals surface area contributed by atoms with E-state index in [9.17, 15) is 14.5 Å². The molecule has 0 bridgehead atoms. The maximum atomic E-state index is 14.9. The van der Waals surface area contributed by atoms with Crippen molar-refractivity contribution in [2.75, 3.05) is 31.1 Å². The molecule has 3 aromatic rings. The minimum Gasteiger partial charge on any atom is -0.369 e. The molecule has 2 aromatic carbocycles. The van der Waals surface area contributed by atoms with Gasteiger partial charge in [-0.2, -0.15) is 0 Å². The van der Waals surface area contributed by atoms with Gasteiger partial charge in [-0.05, 0) is 49.4 Å². The van der Waals surface area contributed by atoms with E-state index in [-0.39, 0.29) is 17.0 Å². The van der Waals surface area contributed by atoms with Crippen LogP contribution in [0.4, 0.5) is 15.8 Å². The standard InChI is InChI=1S/C22H26FN7O2/c1-22(2,3)29-21(24-25-26-29)20(18-6-4-5-7-19(18)23)28-14-12-27(13-15-28)16-8-10-17(11-9-16)30(31)32/h4-11,20H,12-15H2,1-3H3/t20-/m1/s1. The molecule has 1 aromatic heterocycles. The molecule has 1 aliphatic rings. The van der Waals surface area contributed by atoms with Crippen molar-refractivity contribution in [2.24, 2.45) is 0 Å². The van der Waals surface area contributed by atoms with Gasteiger partial charge in [0.25, 0.3) is 5.69 Å². The number of tetrazole rings is 1. The lowest BCUT2D eigenvalue weighted by atomic mass is 10.0. The number of anilines is 1. The zero-order valence-electron chi connectivity index (χ0n) is 18.3. The number of hydrogen-bond acceptors (Lipinski definition) is 7. The fourth-order valence-corrected chi connectivity index (χ4v) is 4.06. The van der Waals surface area contributed by atoms with Crippen molar-refractivity contribution in [3.8, 4) is 0 Å². The van der Waals surface area contributed by atoms with Gasteiger partial charge >= 0.3 is 0 Å². The third kappa shape index (κ3) is 4.31. The van der Waals surface area contributed by atoms with Crippen LogP contribution in [0.2, 0.25) is 0 Å². The van der Waals surface area contributed by atoms with Gasteiger partial charge < -0.3 is 4.90 Å². The summed E-state index contributed by atoms with van der Waals surface area (Å²) in [6, 6.07) is 12.9. The van der Waals surface area contributed by atoms with E-state index in [0.717, 1.165) is 5.69 Å². The van der Waals surface area contributed by atoms with E-state index in [4.69, 9.17) is 0 Å². The first-order valence-electron chi connectivity index (χ1n) is 10.5. The molecule has 0 spiro atoms. The molecule has 0 aliphatic carbocycles. The summed E-state index contributed by atoms with van der Waals surface area (Å²) >= 11 is 0. The average molecular weight is 439 g/mol. The van der Waals surface area contributed by atoms with Gasteiger partial charge in [-0.15, -0.1) is 5.10 Å². The van der Waals surface area contributed by atoms with Gasteiger partial charge in [-0.1, -0.05) is 18.2 Å². The van der Waals surface area contributed by atoms with Crippen LogP contribution in [-0.4, -0.2) is 56.2 Å². The Balaban J connectivity index is 1.61. The number of aromatic nitrogens is 4. The minimum atomic E-state index is -0.426. The van der Waals surface area contributed by atoms with Crippen LogP contribution < -0.4 is 4.90 Å². The Morgan fingerprint density at radius 2 is 1.69 bits per heavy atom. The third-order valence-electron chi connectivity index (χ3n) is 5.68. The molecule has 9 nitrogen and oxygen atoms in total. The summed E-state index contributed by atoms with van der Waals surface area (Å²) < 4.78 is 16.6. The Kier molecular flexibility index (Phi) is 5.88. The number of rotatable bonds is 5. The van der Waals surface area contributed by atoms with Crippen molar-refractivity contribution in [1.29, 1.82) is 0 Å². The van der Waals surface area contributed by atoms with Gasteiger partial charge in [-0.25, -0.2) is 9.07 Å². The van der Waals surface area contributed by atoms with Gasteiger partial charge in [0.05, 0.1) is 10.5 Å². The highest BCUT2D eigenvalue weighted by molar-refractivity contribution is 5.51. The zero-order valence-corrected chi connectivity index (χ0v) is 18.3. The van der Waals surface area contributed by atoms with Crippen LogP contribution in [0.15, 0.2) is 48.5 Å². The highest BCUT2D eigenvalue weighted by atomic mass is 19.1. The van der Waals surface area contributed by atoms with E-state index in [1.165, 1.54) is 18.2 Å². The quantitative estimate of drug-likeness (QED) is 0.444. The summed E-state index contributed by atoms with van der Waals surface area (Å²) in [7, 11) is 0. The average Bonchev–Trinajstić information content (AvgIpc) is 3.26. The van der Waals surface area contributed by atoms with Gasteiger partial charge in [0, 0.05) is 49.6 Å². The van der Waals surface area contributed by atoms with Crippen molar-refractivity contribution < 1.29 is 9.31 Å². The Hall–Kier alpha value is -3.40. The van der Waals surface area contributed by atoms with Gasteiger partial charge in [0.1, 0.15) is 11.9 Å². The highest BCUT2D eigenvalue weighted by Crippen LogP contribution is 2.32. The maximum absolute atomic E-state index is 14.9. The predicted octanol–water partition coefficient (Wildman–Crippen LogP) is 3.39. The molecule has 1 aliphatic heterocycles. The molecular weight excluding hydrogens is 413 g/mol. The first-order chi connectivity index (χ1) is 15.3. The summed E-state index contributed by atoms with van der Waals surface area (Å²) in [5.41, 5.74) is 1.18. The van der Waals surface area contributed by atoms with Crippen LogP contribution >= 0.6 is 0 Å². The topological polar surface area (TPSA) is 93.2 Å². The largest absolute Gasteiger partial charge is 0.369 e. The Labute approximate surface area is 185 Å². The second kappa shape index (κ2) is 8.62. The van der Waals surface area contributed by atoms with E-state index in [1.807, 2.05) is 26.8 Å². The van der Waals surface area contributed by atoms with Crippen LogP contribution in [0.5, 0.6) is 0 Å². The van der Waals surface area contributed by atoms with Crippen molar-refractivity contribution in [3.63, 3.8) is 0 Å². The number of hydrogen-bond donors (Lipinski definition) is 0. The second-order valence-corrected chi connectivity index (χ2v) is 8.84. The minimum absolute atomic E-state index is 0.0704. The summed E-state index contributed by atoms with van der Waals surface area (Å²) in [4.78, 5) is 14.9. The smallest absolute Gasteiger partial charge is 0.269 e. The van der Waals surface area contributed by atoms with Crippen molar-refractivity contribution in [1.82, 2.24) is 25.1 Å². The van der Waals surface area contributed by atoms with Gasteiger partial charge in [-0.3, -0.25) is 15.0 Å². The SMILES string of the molecule is CC(C)(C)n1nnnc1[C@@H](c1ccccc1F)N1CCN(c2ccc([N+](=O)[O-])cc2)CC1. The fraction of sp³-hybridized carbons (Fsp3) is 0.409. The van der Waals surface area contributed by atoms with Crippen molar-refractivity contribution in [2.45, 2.75) is 32.4 Å². The number of nitro benzene ring substituents is 1. The monoisotopic (exact) mass is 439 g/mol. The maximum Gasteiger partial charge on any atom is 0.269 e. The molecule has 2 heterocycles. The molecule has 4 rings (SSSR count). The number of nitro groups is 1. The van der Waals surface area contributed by atoms with E-state index in [0.29, 0.717) is 37.6 Å². The molecule has 1 atom stereocenters. The summed E-state index contributed by atoms with van der Waals surface area (Å²) in [6.45, 7) is 8.74. The van der Waals surface area contributed by atoms with Crippen LogP contribution in [0, 0.1) is 15.9 Å². The lowest BCUT2D eigenvalue weighted by Gasteiger charge is -2.40. The molecule has 0 unspecified atom stereocenters. The molecule has 10 heteroatoms. The summed E-state index contributed by atoms with van der Waals surface area (Å²) in [5.74, 6) is 0.310. The van der Waals surface area contributed by atoms with Crippen molar-refractivity contribution in [3.05, 3.63) is 75.9 Å². The summed E-state index contributed by atoms with van der Waals surface area (Å²) in [5, 5.41) is 23.3. The molecule has 0 N–H and O–H groups in total. The normalized spacial score (nSPS) is 16.2. The number of piperazine rings is 1. The molecule has 168 valence electrons. The number of benzene rings is 2. The van der Waals surface area contributed by atoms with Gasteiger partial charge in [0.2, 0.25) is 0 Å². The first kappa shape index (κ1) is 21.8. The zero-order chi connectivity index (χ0) is 22.9. The molecule has 0 radical (unpaired) electrons. The van der Waals surface area contributed by atoms with Crippen LogP contribution in [-0.2, 0) is 5.54 Å². The number of halogens is 1. The number of nitrogens with zero attached hydrogens (tertiary/aromatic N) is 7. The lowest BCUT2D eigenvalue weighted by Crippen LogP contribution is -2.49. The van der Waals surface area contributed by atoms with Crippen molar-refractivity contribution >= 4 is 11.4 Å². The molecular formula is C22H26FN7O2. The Morgan fingerprint density at radius 1 is 1.03 bits per heavy atom. The van der Waals surface area contributed by atoms with Crippen LogP contribution in [0.3, 0.4) is 0 Å². The summed E-state index contributed by atoms with van der Waals surface area (Å²) in [6.07, 6.45) is 0.